The van der Waals surface area contributed by atoms with E-state index < -0.39 is 26.6 Å². The number of halogens is 3. The van der Waals surface area contributed by atoms with Gasteiger partial charge in [-0.2, -0.15) is 0 Å². The summed E-state index contributed by atoms with van der Waals surface area (Å²) in [6.07, 6.45) is 0. The zero-order valence-corrected chi connectivity index (χ0v) is 12.3. The predicted molar refractivity (Wildman–Crippen MR) is 75.7 cm³/mol. The van der Waals surface area contributed by atoms with Crippen molar-refractivity contribution in [3.8, 4) is 0 Å². The topological polar surface area (TPSA) is 72.2 Å². The molecule has 0 aliphatic carbocycles. The molecule has 0 saturated carbocycles. The lowest BCUT2D eigenvalue weighted by atomic mass is 10.3. The number of hydrogen-bond donors (Lipinski definition) is 2. The summed E-state index contributed by atoms with van der Waals surface area (Å²) in [5.74, 6) is -1.76. The van der Waals surface area contributed by atoms with Crippen molar-refractivity contribution in [3.63, 3.8) is 0 Å². The zero-order chi connectivity index (χ0) is 14.9. The lowest BCUT2D eigenvalue weighted by Crippen LogP contribution is -2.16. The second kappa shape index (κ2) is 5.37. The Balaban J connectivity index is 2.49. The summed E-state index contributed by atoms with van der Waals surface area (Å²) >= 11 is 2.87. The predicted octanol–water partition coefficient (Wildman–Crippen LogP) is 3.11. The summed E-state index contributed by atoms with van der Waals surface area (Å²) in [5.41, 5.74) is 5.27. The van der Waals surface area contributed by atoms with Gasteiger partial charge in [0, 0.05) is 5.69 Å². The molecular weight excluding hydrogens is 354 g/mol. The molecule has 3 N–H and O–H groups in total. The van der Waals surface area contributed by atoms with Crippen LogP contribution in [0.5, 0.6) is 0 Å². The van der Waals surface area contributed by atoms with Gasteiger partial charge < -0.3 is 5.73 Å². The molecule has 0 atom stereocenters. The highest BCUT2D eigenvalue weighted by atomic mass is 79.9. The van der Waals surface area contributed by atoms with E-state index in [-0.39, 0.29) is 15.8 Å². The molecule has 0 fully saturated rings. The van der Waals surface area contributed by atoms with Gasteiger partial charge in [-0.05, 0) is 40.2 Å². The Morgan fingerprint density at radius 1 is 1.15 bits per heavy atom. The van der Waals surface area contributed by atoms with Crippen LogP contribution in [-0.4, -0.2) is 8.42 Å². The van der Waals surface area contributed by atoms with Gasteiger partial charge in [-0.1, -0.05) is 12.1 Å². The van der Waals surface area contributed by atoms with Gasteiger partial charge in [0.2, 0.25) is 0 Å². The Kier molecular flexibility index (Phi) is 3.96. The van der Waals surface area contributed by atoms with E-state index in [1.54, 1.807) is 0 Å². The summed E-state index contributed by atoms with van der Waals surface area (Å²) in [7, 11) is -4.29. The molecule has 106 valence electrons. The summed E-state index contributed by atoms with van der Waals surface area (Å²) < 4.78 is 53.4. The van der Waals surface area contributed by atoms with E-state index in [4.69, 9.17) is 5.73 Å². The van der Waals surface area contributed by atoms with Crippen LogP contribution in [-0.2, 0) is 10.0 Å². The SMILES string of the molecule is Nc1cc(Br)c(F)c(S(=O)(=O)Nc2ccccc2F)c1. The maximum atomic E-state index is 13.9. The third-order valence-electron chi connectivity index (χ3n) is 2.42. The quantitative estimate of drug-likeness (QED) is 0.824. The zero-order valence-electron chi connectivity index (χ0n) is 9.90. The number of nitrogen functional groups attached to an aromatic ring is 1. The molecule has 0 spiro atoms. The molecular formula is C12H9BrF2N2O2S. The van der Waals surface area contributed by atoms with Crippen LogP contribution in [0.4, 0.5) is 20.2 Å². The summed E-state index contributed by atoms with van der Waals surface area (Å²) in [5, 5.41) is 0. The molecule has 0 radical (unpaired) electrons. The van der Waals surface area contributed by atoms with Crippen LogP contribution in [0, 0.1) is 11.6 Å². The maximum absolute atomic E-state index is 13.9. The van der Waals surface area contributed by atoms with Crippen molar-refractivity contribution in [3.05, 3.63) is 52.5 Å². The van der Waals surface area contributed by atoms with Crippen molar-refractivity contribution in [2.45, 2.75) is 4.90 Å². The minimum absolute atomic E-state index is 0.0622. The van der Waals surface area contributed by atoms with Gasteiger partial charge in [0.1, 0.15) is 10.7 Å². The number of anilines is 2. The largest absolute Gasteiger partial charge is 0.399 e. The number of benzene rings is 2. The normalized spacial score (nSPS) is 11.3. The molecule has 0 bridgehead atoms. The molecule has 0 aliphatic rings. The first-order valence-corrected chi connectivity index (χ1v) is 7.61. The molecule has 20 heavy (non-hydrogen) atoms. The summed E-state index contributed by atoms with van der Waals surface area (Å²) in [6, 6.07) is 7.37. The Morgan fingerprint density at radius 2 is 1.80 bits per heavy atom. The second-order valence-electron chi connectivity index (χ2n) is 3.90. The molecule has 0 heterocycles. The first-order chi connectivity index (χ1) is 9.31. The van der Waals surface area contributed by atoms with E-state index in [0.29, 0.717) is 0 Å². The number of nitrogens with one attached hydrogen (secondary N) is 1. The third-order valence-corrected chi connectivity index (χ3v) is 4.37. The average molecular weight is 363 g/mol. The van der Waals surface area contributed by atoms with Gasteiger partial charge in [-0.15, -0.1) is 0 Å². The fraction of sp³-hybridized carbons (Fsp3) is 0. The molecule has 0 unspecified atom stereocenters. The Hall–Kier alpha value is -1.67. The monoisotopic (exact) mass is 362 g/mol. The number of para-hydroxylation sites is 1. The smallest absolute Gasteiger partial charge is 0.265 e. The standard InChI is InChI=1S/C12H9BrF2N2O2S/c13-8-5-7(16)6-11(12(8)15)20(18,19)17-10-4-2-1-3-9(10)14/h1-6,17H,16H2. The van der Waals surface area contributed by atoms with Crippen molar-refractivity contribution >= 4 is 37.3 Å². The second-order valence-corrected chi connectivity index (χ2v) is 6.41. The summed E-state index contributed by atoms with van der Waals surface area (Å²) in [4.78, 5) is -0.660. The van der Waals surface area contributed by atoms with Crippen LogP contribution in [0.3, 0.4) is 0 Å². The van der Waals surface area contributed by atoms with Crippen LogP contribution in [0.15, 0.2) is 45.8 Å². The van der Waals surface area contributed by atoms with Crippen LogP contribution in [0.25, 0.3) is 0 Å². The Bertz CT molecular complexity index is 766. The highest BCUT2D eigenvalue weighted by molar-refractivity contribution is 9.10. The number of nitrogens with two attached hydrogens (primary N) is 1. The van der Waals surface area contributed by atoms with Crippen molar-refractivity contribution in [2.75, 3.05) is 10.5 Å². The maximum Gasteiger partial charge on any atom is 0.265 e. The van der Waals surface area contributed by atoms with E-state index >= 15 is 0 Å². The van der Waals surface area contributed by atoms with Crippen LogP contribution in [0.2, 0.25) is 0 Å². The molecule has 0 saturated heterocycles. The highest BCUT2D eigenvalue weighted by Crippen LogP contribution is 2.28. The lowest BCUT2D eigenvalue weighted by molar-refractivity contribution is 0.566. The van der Waals surface area contributed by atoms with E-state index in [1.807, 2.05) is 4.72 Å². The van der Waals surface area contributed by atoms with Crippen molar-refractivity contribution in [1.82, 2.24) is 0 Å². The molecule has 2 aromatic rings. The third kappa shape index (κ3) is 2.91. The summed E-state index contributed by atoms with van der Waals surface area (Å²) in [6.45, 7) is 0. The van der Waals surface area contributed by atoms with E-state index in [0.717, 1.165) is 12.1 Å². The number of hydrogen-bond acceptors (Lipinski definition) is 3. The molecule has 2 aromatic carbocycles. The molecule has 0 aromatic heterocycles. The molecule has 0 amide bonds. The van der Waals surface area contributed by atoms with Crippen LogP contribution >= 0.6 is 15.9 Å². The molecule has 8 heteroatoms. The fourth-order valence-electron chi connectivity index (χ4n) is 1.52. The Labute approximate surface area is 122 Å². The molecule has 4 nitrogen and oxygen atoms in total. The van der Waals surface area contributed by atoms with Crippen LogP contribution in [0.1, 0.15) is 0 Å². The Morgan fingerprint density at radius 3 is 2.45 bits per heavy atom. The van der Waals surface area contributed by atoms with Gasteiger partial charge in [-0.25, -0.2) is 17.2 Å². The van der Waals surface area contributed by atoms with Gasteiger partial charge in [0.25, 0.3) is 10.0 Å². The minimum atomic E-state index is -4.29. The lowest BCUT2D eigenvalue weighted by Gasteiger charge is -2.11. The van der Waals surface area contributed by atoms with Crippen molar-refractivity contribution in [1.29, 1.82) is 0 Å². The van der Waals surface area contributed by atoms with Gasteiger partial charge in [0.15, 0.2) is 5.82 Å². The number of sulfonamides is 1. The molecule has 2 rings (SSSR count). The van der Waals surface area contributed by atoms with E-state index in [1.165, 1.54) is 24.3 Å². The minimum Gasteiger partial charge on any atom is -0.399 e. The first-order valence-electron chi connectivity index (χ1n) is 5.33. The highest BCUT2D eigenvalue weighted by Gasteiger charge is 2.22. The van der Waals surface area contributed by atoms with Crippen molar-refractivity contribution < 1.29 is 17.2 Å². The van der Waals surface area contributed by atoms with E-state index in [9.17, 15) is 17.2 Å². The van der Waals surface area contributed by atoms with Crippen LogP contribution < -0.4 is 10.5 Å². The van der Waals surface area contributed by atoms with E-state index in [2.05, 4.69) is 15.9 Å². The van der Waals surface area contributed by atoms with Crippen molar-refractivity contribution in [2.24, 2.45) is 0 Å². The van der Waals surface area contributed by atoms with Gasteiger partial charge in [-0.3, -0.25) is 4.72 Å². The fourth-order valence-corrected chi connectivity index (χ4v) is 3.33. The average Bonchev–Trinajstić information content (AvgIpc) is 2.36. The number of rotatable bonds is 3. The van der Waals surface area contributed by atoms with Gasteiger partial charge >= 0.3 is 0 Å². The molecule has 0 aliphatic heterocycles. The first kappa shape index (κ1) is 14.7. The van der Waals surface area contributed by atoms with Gasteiger partial charge in [0.05, 0.1) is 10.2 Å².